The minimum absolute atomic E-state index is 0.513. The quantitative estimate of drug-likeness (QED) is 0.674. The van der Waals surface area contributed by atoms with Gasteiger partial charge >= 0.3 is 0 Å². The first-order chi connectivity index (χ1) is 6.38. The highest BCUT2D eigenvalue weighted by Crippen LogP contribution is 2.13. The first-order valence-electron chi connectivity index (χ1n) is 5.36. The lowest BCUT2D eigenvalue weighted by Crippen LogP contribution is -2.47. The maximum atomic E-state index is 4.67. The summed E-state index contributed by atoms with van der Waals surface area (Å²) in [5, 5.41) is 4.67. The summed E-state index contributed by atoms with van der Waals surface area (Å²) in [4.78, 5) is 2.53. The number of rotatable bonds is 5. The van der Waals surface area contributed by atoms with Crippen molar-refractivity contribution >= 4 is 11.8 Å². The maximum Gasteiger partial charge on any atom is 0.0852 e. The van der Waals surface area contributed by atoms with E-state index in [0.29, 0.717) is 6.17 Å². The molecule has 0 aliphatic carbocycles. The standard InChI is InChI=1S/C10H21N2S/c1-3-6-12(7-4-2)10-9-13-8-5-11-10/h10H,3-9H2,1-2H3. The van der Waals surface area contributed by atoms with Crippen molar-refractivity contribution < 1.29 is 0 Å². The fourth-order valence-electron chi connectivity index (χ4n) is 1.71. The molecule has 1 heterocycles. The lowest BCUT2D eigenvalue weighted by atomic mass is 10.3. The van der Waals surface area contributed by atoms with Crippen LogP contribution in [0.15, 0.2) is 0 Å². The summed E-state index contributed by atoms with van der Waals surface area (Å²) in [5.74, 6) is 2.43. The van der Waals surface area contributed by atoms with Crippen molar-refractivity contribution in [3.05, 3.63) is 0 Å². The first-order valence-corrected chi connectivity index (χ1v) is 6.52. The molecule has 0 spiro atoms. The summed E-state index contributed by atoms with van der Waals surface area (Å²) >= 11 is 2.05. The van der Waals surface area contributed by atoms with E-state index in [4.69, 9.17) is 0 Å². The van der Waals surface area contributed by atoms with Gasteiger partial charge in [0.15, 0.2) is 0 Å². The summed E-state index contributed by atoms with van der Waals surface area (Å²) < 4.78 is 0. The van der Waals surface area contributed by atoms with Crippen LogP contribution in [0.25, 0.3) is 0 Å². The van der Waals surface area contributed by atoms with Gasteiger partial charge in [-0.25, -0.2) is 5.32 Å². The molecule has 77 valence electrons. The van der Waals surface area contributed by atoms with Crippen LogP contribution in [0.3, 0.4) is 0 Å². The molecule has 0 N–H and O–H groups in total. The second kappa shape index (κ2) is 6.68. The van der Waals surface area contributed by atoms with Crippen LogP contribution in [-0.2, 0) is 0 Å². The molecule has 0 saturated carbocycles. The normalized spacial score (nSPS) is 23.8. The number of hydrogen-bond acceptors (Lipinski definition) is 2. The van der Waals surface area contributed by atoms with E-state index in [9.17, 15) is 0 Å². The Morgan fingerprint density at radius 1 is 1.31 bits per heavy atom. The maximum absolute atomic E-state index is 4.67. The molecule has 1 aliphatic heterocycles. The summed E-state index contributed by atoms with van der Waals surface area (Å²) in [7, 11) is 0. The van der Waals surface area contributed by atoms with Crippen molar-refractivity contribution in [1.29, 1.82) is 0 Å². The van der Waals surface area contributed by atoms with Gasteiger partial charge in [0.25, 0.3) is 0 Å². The van der Waals surface area contributed by atoms with Crippen molar-refractivity contribution in [2.75, 3.05) is 31.1 Å². The molecule has 1 atom stereocenters. The van der Waals surface area contributed by atoms with Crippen molar-refractivity contribution in [3.63, 3.8) is 0 Å². The molecule has 1 aliphatic rings. The highest BCUT2D eigenvalue weighted by molar-refractivity contribution is 7.99. The van der Waals surface area contributed by atoms with Crippen molar-refractivity contribution in [2.24, 2.45) is 0 Å². The van der Waals surface area contributed by atoms with Gasteiger partial charge < -0.3 is 0 Å². The molecule has 1 rings (SSSR count). The minimum Gasteiger partial charge on any atom is -0.286 e. The predicted octanol–water partition coefficient (Wildman–Crippen LogP) is 1.79. The monoisotopic (exact) mass is 201 g/mol. The summed E-state index contributed by atoms with van der Waals surface area (Å²) in [5.41, 5.74) is 0. The van der Waals surface area contributed by atoms with Crippen LogP contribution in [0.2, 0.25) is 0 Å². The zero-order chi connectivity index (χ0) is 9.52. The predicted molar refractivity (Wildman–Crippen MR) is 60.3 cm³/mol. The number of nitrogens with zero attached hydrogens (tertiary/aromatic N) is 2. The Morgan fingerprint density at radius 2 is 2.00 bits per heavy atom. The van der Waals surface area contributed by atoms with Crippen LogP contribution < -0.4 is 5.32 Å². The Kier molecular flexibility index (Phi) is 5.83. The van der Waals surface area contributed by atoms with Gasteiger partial charge in [0, 0.05) is 18.1 Å². The third-order valence-electron chi connectivity index (χ3n) is 2.29. The average Bonchev–Trinajstić information content (AvgIpc) is 2.19. The summed E-state index contributed by atoms with van der Waals surface area (Å²) in [6.45, 7) is 7.97. The molecule has 0 aromatic rings. The van der Waals surface area contributed by atoms with E-state index >= 15 is 0 Å². The number of hydrogen-bond donors (Lipinski definition) is 0. The van der Waals surface area contributed by atoms with Gasteiger partial charge in [-0.05, 0) is 25.9 Å². The third kappa shape index (κ3) is 3.88. The van der Waals surface area contributed by atoms with Gasteiger partial charge in [0.1, 0.15) is 0 Å². The smallest absolute Gasteiger partial charge is 0.0852 e. The topological polar surface area (TPSA) is 17.3 Å². The Hall–Kier alpha value is 0.270. The molecule has 0 aromatic heterocycles. The molecule has 3 heteroatoms. The molecule has 2 nitrogen and oxygen atoms in total. The molecule has 1 radical (unpaired) electrons. The van der Waals surface area contributed by atoms with Crippen molar-refractivity contribution in [3.8, 4) is 0 Å². The van der Waals surface area contributed by atoms with E-state index in [-0.39, 0.29) is 0 Å². The van der Waals surface area contributed by atoms with E-state index in [1.54, 1.807) is 0 Å². The highest BCUT2D eigenvalue weighted by Gasteiger charge is 2.20. The van der Waals surface area contributed by atoms with Gasteiger partial charge in [0.2, 0.25) is 0 Å². The summed E-state index contributed by atoms with van der Waals surface area (Å²) in [6, 6.07) is 0. The molecule has 0 aromatic carbocycles. The third-order valence-corrected chi connectivity index (χ3v) is 3.29. The molecule has 1 unspecified atom stereocenters. The van der Waals surface area contributed by atoms with Gasteiger partial charge in [-0.1, -0.05) is 13.8 Å². The average molecular weight is 201 g/mol. The Morgan fingerprint density at radius 3 is 2.46 bits per heavy atom. The molecular formula is C10H21N2S. The molecular weight excluding hydrogens is 180 g/mol. The van der Waals surface area contributed by atoms with E-state index < -0.39 is 0 Å². The Labute approximate surface area is 86.5 Å². The van der Waals surface area contributed by atoms with E-state index in [1.807, 2.05) is 11.8 Å². The Bertz CT molecular complexity index is 118. The van der Waals surface area contributed by atoms with Crippen molar-refractivity contribution in [1.82, 2.24) is 10.2 Å². The first kappa shape index (κ1) is 11.3. The molecule has 1 fully saturated rings. The second-order valence-electron chi connectivity index (χ2n) is 3.50. The molecule has 0 bridgehead atoms. The fraction of sp³-hybridized carbons (Fsp3) is 1.00. The van der Waals surface area contributed by atoms with E-state index in [1.165, 1.54) is 37.4 Å². The Balaban J connectivity index is 2.32. The van der Waals surface area contributed by atoms with Crippen LogP contribution >= 0.6 is 11.8 Å². The lowest BCUT2D eigenvalue weighted by molar-refractivity contribution is 0.178. The molecule has 0 amide bonds. The number of thioether (sulfide) groups is 1. The van der Waals surface area contributed by atoms with Crippen LogP contribution in [0.5, 0.6) is 0 Å². The zero-order valence-electron chi connectivity index (χ0n) is 8.83. The van der Waals surface area contributed by atoms with Gasteiger partial charge in [0.05, 0.1) is 6.17 Å². The molecule has 13 heavy (non-hydrogen) atoms. The minimum atomic E-state index is 0.513. The lowest BCUT2D eigenvalue weighted by Gasteiger charge is -2.33. The van der Waals surface area contributed by atoms with Crippen LogP contribution in [0, 0.1) is 0 Å². The van der Waals surface area contributed by atoms with Gasteiger partial charge in [-0.15, -0.1) is 0 Å². The largest absolute Gasteiger partial charge is 0.286 e. The SMILES string of the molecule is CCCN(CCC)C1CSCC[N]1. The van der Waals surface area contributed by atoms with Crippen LogP contribution in [0.1, 0.15) is 26.7 Å². The fourth-order valence-corrected chi connectivity index (χ4v) is 2.64. The highest BCUT2D eigenvalue weighted by atomic mass is 32.2. The second-order valence-corrected chi connectivity index (χ2v) is 4.65. The zero-order valence-corrected chi connectivity index (χ0v) is 9.65. The van der Waals surface area contributed by atoms with Crippen molar-refractivity contribution in [2.45, 2.75) is 32.9 Å². The van der Waals surface area contributed by atoms with E-state index in [2.05, 4.69) is 24.1 Å². The molecule has 1 saturated heterocycles. The van der Waals surface area contributed by atoms with Crippen LogP contribution in [0.4, 0.5) is 0 Å². The van der Waals surface area contributed by atoms with Crippen LogP contribution in [-0.4, -0.2) is 42.2 Å². The summed E-state index contributed by atoms with van der Waals surface area (Å²) in [6.07, 6.45) is 3.01. The van der Waals surface area contributed by atoms with Gasteiger partial charge in [-0.3, -0.25) is 4.90 Å². The van der Waals surface area contributed by atoms with E-state index in [0.717, 1.165) is 6.54 Å². The van der Waals surface area contributed by atoms with Gasteiger partial charge in [-0.2, -0.15) is 11.8 Å².